The van der Waals surface area contributed by atoms with Crippen molar-refractivity contribution in [2.45, 2.75) is 30.7 Å². The third kappa shape index (κ3) is 7.10. The number of pyridine rings is 1. The van der Waals surface area contributed by atoms with Gasteiger partial charge in [0.15, 0.2) is 4.90 Å². The highest BCUT2D eigenvalue weighted by Gasteiger charge is 2.29. The average molecular weight is 686 g/mol. The maximum atomic E-state index is 14.3. The molecule has 0 aliphatic carbocycles. The number of fused-ring (bicyclic) bond motifs is 1. The fraction of sp³-hybridized carbons (Fsp3) is 0.452. The lowest BCUT2D eigenvalue weighted by molar-refractivity contribution is 0.217. The molecule has 2 aliphatic heterocycles. The Morgan fingerprint density at radius 1 is 1.15 bits per heavy atom. The van der Waals surface area contributed by atoms with Crippen LogP contribution in [-0.2, 0) is 25.9 Å². The van der Waals surface area contributed by atoms with E-state index in [1.165, 1.54) is 27.6 Å². The van der Waals surface area contributed by atoms with E-state index in [4.69, 9.17) is 9.72 Å². The summed E-state index contributed by atoms with van der Waals surface area (Å²) in [6, 6.07) is 9.54. The van der Waals surface area contributed by atoms with Gasteiger partial charge in [0.2, 0.25) is 16.0 Å². The molecule has 6 rings (SSSR count). The van der Waals surface area contributed by atoms with Gasteiger partial charge in [0, 0.05) is 91.7 Å². The Labute approximate surface area is 276 Å². The minimum atomic E-state index is -3.33. The Hall–Kier alpha value is -3.05. The largest absolute Gasteiger partial charge is 0.611 e. The first kappa shape index (κ1) is 32.9. The second kappa shape index (κ2) is 14.0. The molecule has 246 valence electrons. The van der Waals surface area contributed by atoms with E-state index in [0.717, 1.165) is 37.4 Å². The van der Waals surface area contributed by atoms with Crippen LogP contribution in [0.4, 0.5) is 17.3 Å². The summed E-state index contributed by atoms with van der Waals surface area (Å²) in [4.78, 5) is 27.5. The highest BCUT2D eigenvalue weighted by atomic mass is 32.2. The Kier molecular flexibility index (Phi) is 9.99. The van der Waals surface area contributed by atoms with Gasteiger partial charge in [0.05, 0.1) is 18.4 Å². The number of aromatic nitrogens is 3. The summed E-state index contributed by atoms with van der Waals surface area (Å²) >= 11 is 0.125. The number of benzene rings is 1. The Morgan fingerprint density at radius 3 is 2.61 bits per heavy atom. The second-order valence-electron chi connectivity index (χ2n) is 11.7. The molecule has 0 radical (unpaired) electrons. The minimum Gasteiger partial charge on any atom is -0.611 e. The quantitative estimate of drug-likeness (QED) is 0.239. The van der Waals surface area contributed by atoms with E-state index in [-0.39, 0.29) is 11.6 Å². The van der Waals surface area contributed by atoms with Crippen LogP contribution in [0, 0.1) is 6.92 Å². The summed E-state index contributed by atoms with van der Waals surface area (Å²) in [5.74, 6) is 0.734. The first-order valence-corrected chi connectivity index (χ1v) is 19.3. The van der Waals surface area contributed by atoms with Gasteiger partial charge >= 0.3 is 0 Å². The number of piperazine rings is 1. The smallest absolute Gasteiger partial charge is 0.261 e. The Morgan fingerprint density at radius 2 is 1.91 bits per heavy atom. The normalized spacial score (nSPS) is 17.4. The molecule has 15 heteroatoms. The number of aryl methyl sites for hydroxylation is 1. The van der Waals surface area contributed by atoms with Crippen LogP contribution < -0.4 is 21.1 Å². The van der Waals surface area contributed by atoms with Crippen LogP contribution in [0.5, 0.6) is 0 Å². The van der Waals surface area contributed by atoms with Crippen LogP contribution >= 0.6 is 11.3 Å². The van der Waals surface area contributed by atoms with Crippen LogP contribution in [-0.4, -0.2) is 96.8 Å². The summed E-state index contributed by atoms with van der Waals surface area (Å²) in [5.41, 5.74) is 3.93. The SMILES string of the molecule is COCC[S+]([O-])c1csc(-c2cc3cnc(Nc4ccc(N5CCNCC5)c(C)c4)nc3n(C3CCN(S(C)(=O)=O)CC3)c2=O)c1. The fourth-order valence-electron chi connectivity index (χ4n) is 6.11. The van der Waals surface area contributed by atoms with E-state index < -0.39 is 21.2 Å². The predicted molar refractivity (Wildman–Crippen MR) is 184 cm³/mol. The van der Waals surface area contributed by atoms with Gasteiger partial charge in [-0.05, 0) is 60.8 Å². The van der Waals surface area contributed by atoms with Crippen molar-refractivity contribution in [3.8, 4) is 10.4 Å². The maximum Gasteiger partial charge on any atom is 0.261 e. The molecule has 1 aromatic carbocycles. The summed E-state index contributed by atoms with van der Waals surface area (Å²) in [7, 11) is -1.76. The van der Waals surface area contributed by atoms with Gasteiger partial charge < -0.3 is 24.8 Å². The highest BCUT2D eigenvalue weighted by molar-refractivity contribution is 7.91. The van der Waals surface area contributed by atoms with Gasteiger partial charge in [-0.3, -0.25) is 9.36 Å². The van der Waals surface area contributed by atoms with Gasteiger partial charge in [-0.2, -0.15) is 4.98 Å². The molecule has 0 saturated carbocycles. The van der Waals surface area contributed by atoms with Crippen molar-refractivity contribution in [2.24, 2.45) is 0 Å². The molecule has 2 N–H and O–H groups in total. The van der Waals surface area contributed by atoms with Crippen molar-refractivity contribution in [3.63, 3.8) is 0 Å². The second-order valence-corrected chi connectivity index (χ2v) is 16.1. The molecule has 1 unspecified atom stereocenters. The number of sulfonamides is 1. The number of thiophene rings is 1. The van der Waals surface area contributed by atoms with Crippen LogP contribution in [0.15, 0.2) is 51.6 Å². The van der Waals surface area contributed by atoms with E-state index in [1.807, 2.05) is 11.4 Å². The van der Waals surface area contributed by atoms with Gasteiger partial charge in [0.25, 0.3) is 5.56 Å². The molecule has 3 aromatic heterocycles. The van der Waals surface area contributed by atoms with Gasteiger partial charge in [-0.15, -0.1) is 11.3 Å². The molecular weight excluding hydrogens is 647 g/mol. The summed E-state index contributed by atoms with van der Waals surface area (Å²) in [6.07, 6.45) is 3.87. The van der Waals surface area contributed by atoms with E-state index in [0.29, 0.717) is 70.6 Å². The summed E-state index contributed by atoms with van der Waals surface area (Å²) in [6.45, 7) is 6.95. The van der Waals surface area contributed by atoms with Gasteiger partial charge in [-0.1, -0.05) is 0 Å². The predicted octanol–water partition coefficient (Wildman–Crippen LogP) is 3.33. The third-order valence-corrected chi connectivity index (χ3v) is 12.2. The van der Waals surface area contributed by atoms with Crippen LogP contribution in [0.2, 0.25) is 0 Å². The maximum absolute atomic E-state index is 14.3. The molecule has 2 saturated heterocycles. The molecule has 1 atom stereocenters. The zero-order valence-corrected chi connectivity index (χ0v) is 28.6. The van der Waals surface area contributed by atoms with Gasteiger partial charge in [0.1, 0.15) is 11.4 Å². The highest BCUT2D eigenvalue weighted by Crippen LogP contribution is 2.33. The number of hydrogen-bond acceptors (Lipinski definition) is 11. The summed E-state index contributed by atoms with van der Waals surface area (Å²) in [5, 5.41) is 9.22. The lowest BCUT2D eigenvalue weighted by Crippen LogP contribution is -2.43. The molecule has 2 fully saturated rings. The molecule has 12 nitrogen and oxygen atoms in total. The molecule has 0 bridgehead atoms. The van der Waals surface area contributed by atoms with Crippen molar-refractivity contribution in [1.82, 2.24) is 24.2 Å². The molecule has 0 amide bonds. The number of piperidine rings is 1. The number of anilines is 3. The molecule has 2 aliphatic rings. The summed E-state index contributed by atoms with van der Waals surface area (Å²) < 4.78 is 45.4. The molecule has 5 heterocycles. The number of ether oxygens (including phenoxy) is 1. The number of nitrogens with one attached hydrogen (secondary N) is 2. The standard InChI is InChI=1S/C31H39N7O5S3/c1-21-16-23(4-5-27(21)36-12-8-32-9-13-36)34-31-33-19-22-17-26(28-18-25(20-44-28)45(40)15-14-43-2)30(39)38(29(22)35-31)24-6-10-37(11-7-24)46(3,41)42/h4-5,16-20,24,32H,6-15H2,1-3H3,(H,33,34,35). The molecule has 4 aromatic rings. The first-order valence-electron chi connectivity index (χ1n) is 15.3. The molecular formula is C31H39N7O5S3. The van der Waals surface area contributed by atoms with Crippen molar-refractivity contribution < 1.29 is 17.7 Å². The van der Waals surface area contributed by atoms with Gasteiger partial charge in [-0.25, -0.2) is 17.7 Å². The molecule has 0 spiro atoms. The fourth-order valence-corrected chi connectivity index (χ4v) is 9.21. The number of hydrogen-bond donors (Lipinski definition) is 2. The van der Waals surface area contributed by atoms with E-state index in [2.05, 4.69) is 39.6 Å². The number of rotatable bonds is 10. The minimum absolute atomic E-state index is 0.220. The number of methoxy groups -OCH3 is 1. The van der Waals surface area contributed by atoms with E-state index in [1.54, 1.807) is 30.0 Å². The van der Waals surface area contributed by atoms with E-state index >= 15 is 0 Å². The van der Waals surface area contributed by atoms with Crippen molar-refractivity contribution in [3.05, 3.63) is 57.8 Å². The number of nitrogens with zero attached hydrogens (tertiary/aromatic N) is 5. The van der Waals surface area contributed by atoms with Crippen molar-refractivity contribution >= 4 is 60.9 Å². The topological polar surface area (TPSA) is 145 Å². The lowest BCUT2D eigenvalue weighted by Gasteiger charge is -2.32. The van der Waals surface area contributed by atoms with E-state index in [9.17, 15) is 17.8 Å². The zero-order chi connectivity index (χ0) is 32.4. The van der Waals surface area contributed by atoms with Crippen LogP contribution in [0.1, 0.15) is 24.4 Å². The average Bonchev–Trinajstić information content (AvgIpc) is 3.54. The molecule has 46 heavy (non-hydrogen) atoms. The van der Waals surface area contributed by atoms with Crippen molar-refractivity contribution in [2.75, 3.05) is 75.2 Å². The van der Waals surface area contributed by atoms with Crippen molar-refractivity contribution in [1.29, 1.82) is 0 Å². The van der Waals surface area contributed by atoms with Crippen LogP contribution in [0.3, 0.4) is 0 Å². The van der Waals surface area contributed by atoms with Crippen LogP contribution in [0.25, 0.3) is 21.5 Å². The Bertz CT molecular complexity index is 1870. The first-order chi connectivity index (χ1) is 22.1. The monoisotopic (exact) mass is 685 g/mol. The third-order valence-electron chi connectivity index (χ3n) is 8.52. The zero-order valence-electron chi connectivity index (χ0n) is 26.2. The Balaban J connectivity index is 1.36. The lowest BCUT2D eigenvalue weighted by atomic mass is 10.0.